The Hall–Kier alpha value is -1.61. The largest absolute Gasteiger partial charge is 0.478 e. The molecule has 0 aliphatic heterocycles. The Balaban J connectivity index is 1.89. The number of rotatable bonds is 5. The summed E-state index contributed by atoms with van der Waals surface area (Å²) in [6, 6.07) is 8.83. The Bertz CT molecular complexity index is 484. The molecule has 3 nitrogen and oxygen atoms in total. The van der Waals surface area contributed by atoms with Crippen molar-refractivity contribution in [2.45, 2.75) is 45.2 Å². The number of nitrogens with zero attached hydrogens (tertiary/aromatic N) is 1. The molecule has 114 valence electrons. The molecular weight excluding hydrogens is 262 g/mol. The lowest BCUT2D eigenvalue weighted by Crippen LogP contribution is -2.34. The van der Waals surface area contributed by atoms with E-state index in [9.17, 15) is 4.79 Å². The highest BCUT2D eigenvalue weighted by molar-refractivity contribution is 5.85. The summed E-state index contributed by atoms with van der Waals surface area (Å²) in [4.78, 5) is 12.9. The average Bonchev–Trinajstić information content (AvgIpc) is 2.47. The van der Waals surface area contributed by atoms with Crippen molar-refractivity contribution in [3.05, 3.63) is 41.5 Å². The molecule has 1 fully saturated rings. The van der Waals surface area contributed by atoms with Crippen molar-refractivity contribution in [3.63, 3.8) is 0 Å². The number of aliphatic carboxylic acids is 1. The van der Waals surface area contributed by atoms with Gasteiger partial charge in [0.15, 0.2) is 0 Å². The van der Waals surface area contributed by atoms with Gasteiger partial charge in [-0.2, -0.15) is 0 Å². The minimum atomic E-state index is -0.912. The van der Waals surface area contributed by atoms with Gasteiger partial charge in [0.05, 0.1) is 0 Å². The highest BCUT2D eigenvalue weighted by Gasteiger charge is 2.21. The highest BCUT2D eigenvalue weighted by atomic mass is 16.4. The third-order valence-electron chi connectivity index (χ3n) is 4.44. The second kappa shape index (κ2) is 7.41. The molecule has 21 heavy (non-hydrogen) atoms. The van der Waals surface area contributed by atoms with Gasteiger partial charge >= 0.3 is 5.97 Å². The van der Waals surface area contributed by atoms with Crippen molar-refractivity contribution in [2.24, 2.45) is 5.92 Å². The molecule has 2 rings (SSSR count). The van der Waals surface area contributed by atoms with Crippen LogP contribution in [0.25, 0.3) is 6.08 Å². The molecule has 1 aliphatic rings. The molecule has 1 aromatic rings. The van der Waals surface area contributed by atoms with Crippen molar-refractivity contribution in [3.8, 4) is 0 Å². The molecular formula is C18H25NO2. The lowest BCUT2D eigenvalue weighted by atomic mass is 9.86. The van der Waals surface area contributed by atoms with Gasteiger partial charge in [0.2, 0.25) is 0 Å². The van der Waals surface area contributed by atoms with E-state index in [0.717, 1.165) is 18.0 Å². The first kappa shape index (κ1) is 15.8. The third kappa shape index (κ3) is 5.01. The number of carbonyl (C=O) groups is 1. The Morgan fingerprint density at radius 1 is 1.24 bits per heavy atom. The SMILES string of the molecule is CC1CCC(N(C)Cc2ccc(C=CC(=O)O)cc2)CC1. The van der Waals surface area contributed by atoms with E-state index in [-0.39, 0.29) is 0 Å². The summed E-state index contributed by atoms with van der Waals surface area (Å²) in [5, 5.41) is 8.62. The van der Waals surface area contributed by atoms with Crippen LogP contribution < -0.4 is 0 Å². The van der Waals surface area contributed by atoms with Crippen molar-refractivity contribution >= 4 is 12.0 Å². The van der Waals surface area contributed by atoms with Crippen molar-refractivity contribution in [2.75, 3.05) is 7.05 Å². The molecule has 3 heteroatoms. The molecule has 1 aliphatic carbocycles. The minimum absolute atomic E-state index is 0.702. The van der Waals surface area contributed by atoms with Crippen LogP contribution in [0.4, 0.5) is 0 Å². The normalized spacial score (nSPS) is 22.8. The lowest BCUT2D eigenvalue weighted by Gasteiger charge is -2.33. The van der Waals surface area contributed by atoms with Crippen LogP contribution in [0.1, 0.15) is 43.7 Å². The van der Waals surface area contributed by atoms with E-state index < -0.39 is 5.97 Å². The number of carboxylic acid groups (broad SMARTS) is 1. The Morgan fingerprint density at radius 3 is 2.43 bits per heavy atom. The molecule has 0 heterocycles. The maximum absolute atomic E-state index is 10.5. The van der Waals surface area contributed by atoms with Gasteiger partial charge in [0.1, 0.15) is 0 Å². The quantitative estimate of drug-likeness (QED) is 0.838. The summed E-state index contributed by atoms with van der Waals surface area (Å²) in [6.45, 7) is 3.31. The Morgan fingerprint density at radius 2 is 1.86 bits per heavy atom. The molecule has 0 radical (unpaired) electrons. The fourth-order valence-electron chi connectivity index (χ4n) is 3.00. The molecule has 1 aromatic carbocycles. The monoisotopic (exact) mass is 287 g/mol. The number of benzene rings is 1. The molecule has 0 unspecified atom stereocenters. The zero-order valence-electron chi connectivity index (χ0n) is 13.0. The fraction of sp³-hybridized carbons (Fsp3) is 0.500. The smallest absolute Gasteiger partial charge is 0.328 e. The van der Waals surface area contributed by atoms with E-state index >= 15 is 0 Å². The molecule has 0 amide bonds. The molecule has 0 saturated heterocycles. The molecule has 1 N–H and O–H groups in total. The van der Waals surface area contributed by atoms with Gasteiger partial charge in [-0.05, 0) is 55.9 Å². The predicted octanol–water partition coefficient (Wildman–Crippen LogP) is 3.79. The summed E-state index contributed by atoms with van der Waals surface area (Å²) in [5.74, 6) is -0.0275. The summed E-state index contributed by atoms with van der Waals surface area (Å²) in [5.41, 5.74) is 2.21. The van der Waals surface area contributed by atoms with E-state index in [4.69, 9.17) is 5.11 Å². The predicted molar refractivity (Wildman–Crippen MR) is 86.0 cm³/mol. The topological polar surface area (TPSA) is 40.5 Å². The molecule has 0 atom stereocenters. The lowest BCUT2D eigenvalue weighted by molar-refractivity contribution is -0.131. The first-order chi connectivity index (χ1) is 10.0. The van der Waals surface area contributed by atoms with Crippen molar-refractivity contribution in [1.29, 1.82) is 0 Å². The van der Waals surface area contributed by atoms with E-state index in [1.54, 1.807) is 6.08 Å². The summed E-state index contributed by atoms with van der Waals surface area (Å²) in [7, 11) is 2.21. The number of carboxylic acids is 1. The fourth-order valence-corrected chi connectivity index (χ4v) is 3.00. The number of hydrogen-bond donors (Lipinski definition) is 1. The van der Waals surface area contributed by atoms with E-state index in [1.165, 1.54) is 37.3 Å². The van der Waals surface area contributed by atoms with Gasteiger partial charge in [-0.1, -0.05) is 31.2 Å². The second-order valence-electron chi connectivity index (χ2n) is 6.24. The van der Waals surface area contributed by atoms with Crippen LogP contribution in [0.3, 0.4) is 0 Å². The Kier molecular flexibility index (Phi) is 5.57. The van der Waals surface area contributed by atoms with Gasteiger partial charge in [0, 0.05) is 18.7 Å². The van der Waals surface area contributed by atoms with Crippen LogP contribution in [0.5, 0.6) is 0 Å². The van der Waals surface area contributed by atoms with Crippen LogP contribution in [0, 0.1) is 5.92 Å². The summed E-state index contributed by atoms with van der Waals surface area (Å²) in [6.07, 6.45) is 8.08. The standard InChI is InChI=1S/C18H25NO2/c1-14-3-10-17(11-4-14)19(2)13-16-7-5-15(6-8-16)9-12-18(20)21/h5-9,12,14,17H,3-4,10-11,13H2,1-2H3,(H,20,21). The van der Waals surface area contributed by atoms with Crippen molar-refractivity contribution in [1.82, 2.24) is 4.90 Å². The maximum atomic E-state index is 10.5. The van der Waals surface area contributed by atoms with Gasteiger partial charge < -0.3 is 5.11 Å². The molecule has 0 spiro atoms. The Labute approximate surface area is 127 Å². The van der Waals surface area contributed by atoms with Crippen LogP contribution >= 0.6 is 0 Å². The van der Waals surface area contributed by atoms with E-state index in [1.807, 2.05) is 12.1 Å². The number of hydrogen-bond acceptors (Lipinski definition) is 2. The second-order valence-corrected chi connectivity index (χ2v) is 6.24. The van der Waals surface area contributed by atoms with Crippen LogP contribution in [-0.4, -0.2) is 29.1 Å². The van der Waals surface area contributed by atoms with Gasteiger partial charge in [-0.25, -0.2) is 4.79 Å². The van der Waals surface area contributed by atoms with Crippen LogP contribution in [-0.2, 0) is 11.3 Å². The van der Waals surface area contributed by atoms with Crippen LogP contribution in [0.15, 0.2) is 30.3 Å². The first-order valence-electron chi connectivity index (χ1n) is 7.75. The van der Waals surface area contributed by atoms with Gasteiger partial charge in [0.25, 0.3) is 0 Å². The van der Waals surface area contributed by atoms with E-state index in [2.05, 4.69) is 31.0 Å². The summed E-state index contributed by atoms with van der Waals surface area (Å²) < 4.78 is 0. The minimum Gasteiger partial charge on any atom is -0.478 e. The van der Waals surface area contributed by atoms with Crippen molar-refractivity contribution < 1.29 is 9.90 Å². The average molecular weight is 287 g/mol. The highest BCUT2D eigenvalue weighted by Crippen LogP contribution is 2.27. The van der Waals surface area contributed by atoms with Crippen LogP contribution in [0.2, 0.25) is 0 Å². The third-order valence-corrected chi connectivity index (χ3v) is 4.44. The first-order valence-corrected chi connectivity index (χ1v) is 7.75. The molecule has 0 bridgehead atoms. The van der Waals surface area contributed by atoms with Gasteiger partial charge in [-0.15, -0.1) is 0 Å². The summed E-state index contributed by atoms with van der Waals surface area (Å²) >= 11 is 0. The molecule has 1 saturated carbocycles. The van der Waals surface area contributed by atoms with Gasteiger partial charge in [-0.3, -0.25) is 4.90 Å². The zero-order chi connectivity index (χ0) is 15.2. The zero-order valence-corrected chi connectivity index (χ0v) is 13.0. The maximum Gasteiger partial charge on any atom is 0.328 e. The van der Waals surface area contributed by atoms with E-state index in [0.29, 0.717) is 6.04 Å². The molecule has 0 aromatic heterocycles.